The van der Waals surface area contributed by atoms with Gasteiger partial charge in [0, 0.05) is 36.0 Å². The highest BCUT2D eigenvalue weighted by Gasteiger charge is 2.42. The van der Waals surface area contributed by atoms with Crippen molar-refractivity contribution in [2.24, 2.45) is 0 Å². The zero-order valence-electron chi connectivity index (χ0n) is 17.0. The molecule has 172 valence electrons. The van der Waals surface area contributed by atoms with Crippen LogP contribution in [0.1, 0.15) is 32.1 Å². The van der Waals surface area contributed by atoms with Crippen LogP contribution in [0.5, 0.6) is 0 Å². The molecule has 0 radical (unpaired) electrons. The lowest BCUT2D eigenvalue weighted by atomic mass is 10.0. The predicted octanol–water partition coefficient (Wildman–Crippen LogP) is 0.00160. The number of nitrogens with one attached hydrogen (secondary N) is 4. The summed E-state index contributed by atoms with van der Waals surface area (Å²) in [5, 5.41) is 11.5. The molecule has 2 fully saturated rings. The molecule has 0 spiro atoms. The van der Waals surface area contributed by atoms with Crippen molar-refractivity contribution in [3.05, 3.63) is 0 Å². The first-order valence-corrected chi connectivity index (χ1v) is 14.3. The van der Waals surface area contributed by atoms with E-state index in [2.05, 4.69) is 21.3 Å². The van der Waals surface area contributed by atoms with Crippen molar-refractivity contribution in [1.82, 2.24) is 21.3 Å². The number of urea groups is 1. The number of hydrogen-bond acceptors (Lipinski definition) is 8. The van der Waals surface area contributed by atoms with Gasteiger partial charge in [-0.25, -0.2) is 13.2 Å². The van der Waals surface area contributed by atoms with Gasteiger partial charge in [-0.3, -0.25) is 9.59 Å². The van der Waals surface area contributed by atoms with Crippen molar-refractivity contribution >= 4 is 49.3 Å². The van der Waals surface area contributed by atoms with Crippen molar-refractivity contribution in [1.29, 1.82) is 0 Å². The van der Waals surface area contributed by atoms with E-state index in [1.54, 1.807) is 0 Å². The fraction of sp³-hybridized carbons (Fsp3) is 0.824. The maximum atomic E-state index is 11.8. The maximum absolute atomic E-state index is 11.8. The van der Waals surface area contributed by atoms with Gasteiger partial charge < -0.3 is 26.0 Å². The molecule has 2 rings (SSSR count). The molecule has 0 bridgehead atoms. The molecule has 4 N–H and O–H groups in total. The number of amides is 4. The molecule has 10 nitrogen and oxygen atoms in total. The highest BCUT2D eigenvalue weighted by molar-refractivity contribution is 8.71. The molecule has 0 aromatic carbocycles. The summed E-state index contributed by atoms with van der Waals surface area (Å²) in [6.07, 6.45) is 4.34. The summed E-state index contributed by atoms with van der Waals surface area (Å²) in [4.78, 5) is 34.8. The average Bonchev–Trinajstić information content (AvgIpc) is 3.21. The lowest BCUT2D eigenvalue weighted by Crippen LogP contribution is -2.36. The van der Waals surface area contributed by atoms with Gasteiger partial charge in [-0.15, -0.1) is 0 Å². The van der Waals surface area contributed by atoms with Crippen LogP contribution >= 0.6 is 22.6 Å². The summed E-state index contributed by atoms with van der Waals surface area (Å²) in [6.45, 7) is 0.499. The number of ether oxygens (including phenoxy) is 1. The average molecular weight is 483 g/mol. The topological polar surface area (TPSA) is 143 Å². The van der Waals surface area contributed by atoms with Crippen LogP contribution in [0, 0.1) is 0 Å². The smallest absolute Gasteiger partial charge is 0.315 e. The van der Waals surface area contributed by atoms with Gasteiger partial charge in [-0.1, -0.05) is 6.42 Å². The Morgan fingerprint density at radius 1 is 1.20 bits per heavy atom. The number of thioether (sulfide) groups is 1. The summed E-state index contributed by atoms with van der Waals surface area (Å²) in [7, 11) is -2.30. The van der Waals surface area contributed by atoms with Gasteiger partial charge in [0.15, 0.2) is 8.87 Å². The number of hydrogen-bond donors (Lipinski definition) is 4. The standard InChI is InChI=1S/C17H30N4O6S3/c1-30(25,26)29-9-7-18-15(23)6-8-27-11-19-14(22)5-3-2-4-13-16-12(10-28-13)20-17(24)21-16/h12-13,16H,2-11H2,1H3,(H,18,23)(H,19,22)(H2,20,21,24)/t12-,13-,16-/m0/s1. The molecule has 13 heteroatoms. The Morgan fingerprint density at radius 3 is 2.73 bits per heavy atom. The molecule has 0 unspecified atom stereocenters. The Hall–Kier alpha value is -1.18. The Kier molecular flexibility index (Phi) is 10.6. The first-order chi connectivity index (χ1) is 14.2. The van der Waals surface area contributed by atoms with Crippen molar-refractivity contribution in [3.8, 4) is 0 Å². The first kappa shape index (κ1) is 25.1. The molecule has 2 aliphatic heterocycles. The quantitative estimate of drug-likeness (QED) is 0.117. The minimum Gasteiger partial charge on any atom is -0.361 e. The third-order valence-electron chi connectivity index (χ3n) is 4.65. The van der Waals surface area contributed by atoms with Gasteiger partial charge in [0.2, 0.25) is 11.8 Å². The maximum Gasteiger partial charge on any atom is 0.315 e. The van der Waals surface area contributed by atoms with Gasteiger partial charge in [-0.2, -0.15) is 11.8 Å². The Balaban J connectivity index is 1.40. The molecule has 0 aliphatic carbocycles. The number of carbonyl (C=O) groups is 3. The summed E-state index contributed by atoms with van der Waals surface area (Å²) >= 11 is 1.87. The van der Waals surface area contributed by atoms with E-state index in [4.69, 9.17) is 4.74 Å². The predicted molar refractivity (Wildman–Crippen MR) is 118 cm³/mol. The first-order valence-electron chi connectivity index (χ1n) is 9.89. The summed E-state index contributed by atoms with van der Waals surface area (Å²) in [5.41, 5.74) is 0. The number of rotatable bonds is 14. The Bertz CT molecular complexity index is 706. The lowest BCUT2D eigenvalue weighted by Gasteiger charge is -2.16. The van der Waals surface area contributed by atoms with Crippen LogP contribution in [-0.2, 0) is 23.2 Å². The van der Waals surface area contributed by atoms with E-state index in [1.165, 1.54) is 0 Å². The van der Waals surface area contributed by atoms with E-state index in [0.717, 1.165) is 42.1 Å². The Labute approximate surface area is 185 Å². The third kappa shape index (κ3) is 9.75. The van der Waals surface area contributed by atoms with Crippen LogP contribution in [-0.4, -0.2) is 81.2 Å². The number of unbranched alkanes of at least 4 members (excludes halogenated alkanes) is 1. The third-order valence-corrected chi connectivity index (χ3v) is 8.74. The molecule has 30 heavy (non-hydrogen) atoms. The summed E-state index contributed by atoms with van der Waals surface area (Å²) in [6, 6.07) is 0.333. The molecule has 0 saturated carbocycles. The van der Waals surface area contributed by atoms with E-state index < -0.39 is 8.87 Å². The SMILES string of the molecule is CS(=O)(=O)SCCNC(=O)CCOCNC(=O)CCCC[C@@H]1SC[C@@H]2NC(=O)N[C@@H]21. The minimum atomic E-state index is -3.09. The normalized spacial score (nSPS) is 22.8. The zero-order valence-corrected chi connectivity index (χ0v) is 19.4. The molecule has 2 aliphatic rings. The van der Waals surface area contributed by atoms with Gasteiger partial charge in [0.25, 0.3) is 0 Å². The van der Waals surface area contributed by atoms with Crippen LogP contribution in [0.4, 0.5) is 4.79 Å². The van der Waals surface area contributed by atoms with E-state index in [-0.39, 0.29) is 56.2 Å². The minimum absolute atomic E-state index is 0.0516. The van der Waals surface area contributed by atoms with Crippen molar-refractivity contribution < 1.29 is 27.5 Å². The summed E-state index contributed by atoms with van der Waals surface area (Å²) < 4.78 is 27.1. The van der Waals surface area contributed by atoms with Crippen molar-refractivity contribution in [3.63, 3.8) is 0 Å². The number of carbonyl (C=O) groups excluding carboxylic acids is 3. The molecule has 0 aromatic heterocycles. The second-order valence-electron chi connectivity index (χ2n) is 7.15. The van der Waals surface area contributed by atoms with E-state index in [9.17, 15) is 22.8 Å². The fourth-order valence-corrected chi connectivity index (χ4v) is 6.39. The van der Waals surface area contributed by atoms with Crippen molar-refractivity contribution in [2.45, 2.75) is 49.4 Å². The van der Waals surface area contributed by atoms with Crippen LogP contribution in [0.2, 0.25) is 0 Å². The van der Waals surface area contributed by atoms with E-state index >= 15 is 0 Å². The Morgan fingerprint density at radius 2 is 1.97 bits per heavy atom. The van der Waals surface area contributed by atoms with Crippen LogP contribution in [0.15, 0.2) is 0 Å². The fourth-order valence-electron chi connectivity index (χ4n) is 3.20. The van der Waals surface area contributed by atoms with Crippen LogP contribution in [0.25, 0.3) is 0 Å². The van der Waals surface area contributed by atoms with Crippen molar-refractivity contribution in [2.75, 3.05) is 37.6 Å². The zero-order chi connectivity index (χ0) is 22.0. The molecular weight excluding hydrogens is 452 g/mol. The van der Waals surface area contributed by atoms with E-state index in [1.807, 2.05) is 11.8 Å². The van der Waals surface area contributed by atoms with E-state index in [0.29, 0.717) is 17.4 Å². The molecule has 4 amide bonds. The lowest BCUT2D eigenvalue weighted by molar-refractivity contribution is -0.123. The van der Waals surface area contributed by atoms with Gasteiger partial charge >= 0.3 is 6.03 Å². The summed E-state index contributed by atoms with van der Waals surface area (Å²) in [5.74, 6) is 0.915. The highest BCUT2D eigenvalue weighted by atomic mass is 33.1. The van der Waals surface area contributed by atoms with Crippen LogP contribution in [0.3, 0.4) is 0 Å². The van der Waals surface area contributed by atoms with Gasteiger partial charge in [0.05, 0.1) is 25.1 Å². The largest absolute Gasteiger partial charge is 0.361 e. The van der Waals surface area contributed by atoms with Gasteiger partial charge in [0.1, 0.15) is 6.73 Å². The van der Waals surface area contributed by atoms with Gasteiger partial charge in [-0.05, 0) is 23.6 Å². The second kappa shape index (κ2) is 12.6. The van der Waals surface area contributed by atoms with Crippen LogP contribution < -0.4 is 21.3 Å². The molecule has 0 aromatic rings. The molecule has 2 heterocycles. The molecular formula is C17H30N4O6S3. The molecule has 2 saturated heterocycles. The number of fused-ring (bicyclic) bond motifs is 1. The second-order valence-corrected chi connectivity index (χ2v) is 13.0. The monoisotopic (exact) mass is 482 g/mol. The molecule has 3 atom stereocenters. The highest BCUT2D eigenvalue weighted by Crippen LogP contribution is 2.33.